The van der Waals surface area contributed by atoms with Crippen molar-refractivity contribution in [1.29, 1.82) is 0 Å². The van der Waals surface area contributed by atoms with Gasteiger partial charge in [0.25, 0.3) is 0 Å². The third kappa shape index (κ3) is 6.15. The molecule has 1 aliphatic heterocycles. The van der Waals surface area contributed by atoms with E-state index in [1.165, 1.54) is 38.2 Å². The summed E-state index contributed by atoms with van der Waals surface area (Å²) in [6.45, 7) is 5.07. The van der Waals surface area contributed by atoms with Crippen LogP contribution in [0.4, 0.5) is 4.39 Å². The van der Waals surface area contributed by atoms with Gasteiger partial charge in [-0.25, -0.2) is 4.39 Å². The molecule has 2 rings (SSSR count). The van der Waals surface area contributed by atoms with Crippen molar-refractivity contribution in [2.75, 3.05) is 19.7 Å². The minimum absolute atomic E-state index is 0.131. The fraction of sp³-hybridized carbons (Fsp3) is 0.667. The van der Waals surface area contributed by atoms with E-state index in [1.54, 1.807) is 12.1 Å². The Morgan fingerprint density at radius 3 is 3.05 bits per heavy atom. The van der Waals surface area contributed by atoms with Gasteiger partial charge in [0.2, 0.25) is 0 Å². The molecule has 1 saturated heterocycles. The van der Waals surface area contributed by atoms with E-state index in [-0.39, 0.29) is 5.82 Å². The van der Waals surface area contributed by atoms with Crippen LogP contribution in [-0.2, 0) is 11.2 Å². The zero-order chi connectivity index (χ0) is 14.9. The molecule has 1 aliphatic rings. The number of hydrogen-bond acceptors (Lipinski definition) is 2. The minimum Gasteiger partial charge on any atom is -0.378 e. The van der Waals surface area contributed by atoms with E-state index in [9.17, 15) is 4.39 Å². The molecule has 0 aromatic heterocycles. The highest BCUT2D eigenvalue weighted by atomic mass is 19.1. The Hall–Kier alpha value is -0.930. The molecule has 0 radical (unpaired) electrons. The number of benzene rings is 1. The lowest BCUT2D eigenvalue weighted by Gasteiger charge is -2.18. The Morgan fingerprint density at radius 1 is 1.43 bits per heavy atom. The lowest BCUT2D eigenvalue weighted by Crippen LogP contribution is -2.24. The van der Waals surface area contributed by atoms with E-state index < -0.39 is 0 Å². The monoisotopic (exact) mass is 293 g/mol. The molecule has 0 amide bonds. The van der Waals surface area contributed by atoms with Crippen molar-refractivity contribution in [3.05, 3.63) is 35.6 Å². The normalized spacial score (nSPS) is 19.8. The van der Waals surface area contributed by atoms with Crippen molar-refractivity contribution in [1.82, 2.24) is 5.32 Å². The van der Waals surface area contributed by atoms with Crippen LogP contribution in [0.15, 0.2) is 24.3 Å². The Labute approximate surface area is 128 Å². The second kappa shape index (κ2) is 9.16. The van der Waals surface area contributed by atoms with Gasteiger partial charge in [0.15, 0.2) is 0 Å². The standard InChI is InChI=1S/C18H28FNO/c1-2-20-14-16(7-4-9-18-10-5-11-21-18)12-15-6-3-8-17(19)13-15/h3,6,8,13,16,18,20H,2,4-5,7,9-12,14H2,1H3. The molecular weight excluding hydrogens is 265 g/mol. The van der Waals surface area contributed by atoms with Gasteiger partial charge in [-0.15, -0.1) is 0 Å². The van der Waals surface area contributed by atoms with Gasteiger partial charge in [-0.05, 0) is 68.8 Å². The van der Waals surface area contributed by atoms with E-state index in [4.69, 9.17) is 4.74 Å². The highest BCUT2D eigenvalue weighted by Crippen LogP contribution is 2.21. The fourth-order valence-electron chi connectivity index (χ4n) is 3.13. The van der Waals surface area contributed by atoms with Crippen molar-refractivity contribution in [3.8, 4) is 0 Å². The molecule has 1 heterocycles. The molecule has 2 unspecified atom stereocenters. The van der Waals surface area contributed by atoms with Crippen LogP contribution < -0.4 is 5.32 Å². The molecule has 0 bridgehead atoms. The third-order valence-electron chi connectivity index (χ3n) is 4.26. The van der Waals surface area contributed by atoms with Crippen molar-refractivity contribution >= 4 is 0 Å². The Balaban J connectivity index is 1.78. The van der Waals surface area contributed by atoms with E-state index >= 15 is 0 Å². The first kappa shape index (κ1) is 16.4. The number of ether oxygens (including phenoxy) is 1. The average Bonchev–Trinajstić information content (AvgIpc) is 2.98. The smallest absolute Gasteiger partial charge is 0.123 e. The Bertz CT molecular complexity index is 404. The van der Waals surface area contributed by atoms with Gasteiger partial charge in [-0.2, -0.15) is 0 Å². The number of hydrogen-bond donors (Lipinski definition) is 1. The first-order valence-corrected chi connectivity index (χ1v) is 8.34. The van der Waals surface area contributed by atoms with Crippen LogP contribution in [0, 0.1) is 11.7 Å². The molecule has 3 heteroatoms. The van der Waals surface area contributed by atoms with E-state index in [2.05, 4.69) is 12.2 Å². The summed E-state index contributed by atoms with van der Waals surface area (Å²) in [7, 11) is 0. The van der Waals surface area contributed by atoms with Crippen LogP contribution in [-0.4, -0.2) is 25.8 Å². The topological polar surface area (TPSA) is 21.3 Å². The molecular formula is C18H28FNO. The zero-order valence-electron chi connectivity index (χ0n) is 13.1. The minimum atomic E-state index is -0.131. The second-order valence-corrected chi connectivity index (χ2v) is 6.07. The van der Waals surface area contributed by atoms with E-state index in [0.717, 1.165) is 31.7 Å². The summed E-state index contributed by atoms with van der Waals surface area (Å²) >= 11 is 0. The molecule has 0 aliphatic carbocycles. The summed E-state index contributed by atoms with van der Waals surface area (Å²) in [4.78, 5) is 0. The second-order valence-electron chi connectivity index (χ2n) is 6.07. The van der Waals surface area contributed by atoms with Gasteiger partial charge >= 0.3 is 0 Å². The van der Waals surface area contributed by atoms with Crippen LogP contribution >= 0.6 is 0 Å². The molecule has 21 heavy (non-hydrogen) atoms. The molecule has 0 spiro atoms. The van der Waals surface area contributed by atoms with Gasteiger partial charge in [0.05, 0.1) is 6.10 Å². The van der Waals surface area contributed by atoms with Gasteiger partial charge < -0.3 is 10.1 Å². The maximum Gasteiger partial charge on any atom is 0.123 e. The fourth-order valence-corrected chi connectivity index (χ4v) is 3.13. The van der Waals surface area contributed by atoms with Gasteiger partial charge in [-0.1, -0.05) is 25.5 Å². The van der Waals surface area contributed by atoms with Crippen molar-refractivity contribution < 1.29 is 9.13 Å². The van der Waals surface area contributed by atoms with E-state index in [0.29, 0.717) is 12.0 Å². The number of halogens is 1. The molecule has 1 aromatic carbocycles. The van der Waals surface area contributed by atoms with Crippen LogP contribution in [0.2, 0.25) is 0 Å². The summed E-state index contributed by atoms with van der Waals surface area (Å²) in [5.41, 5.74) is 1.11. The summed E-state index contributed by atoms with van der Waals surface area (Å²) in [5, 5.41) is 3.44. The average molecular weight is 293 g/mol. The largest absolute Gasteiger partial charge is 0.378 e. The molecule has 1 N–H and O–H groups in total. The van der Waals surface area contributed by atoms with Crippen LogP contribution in [0.25, 0.3) is 0 Å². The number of nitrogens with one attached hydrogen (secondary N) is 1. The van der Waals surface area contributed by atoms with Crippen molar-refractivity contribution in [2.45, 2.75) is 51.6 Å². The predicted octanol–water partition coefficient (Wildman–Crippen LogP) is 3.94. The quantitative estimate of drug-likeness (QED) is 0.744. The van der Waals surface area contributed by atoms with Crippen LogP contribution in [0.3, 0.4) is 0 Å². The van der Waals surface area contributed by atoms with Gasteiger partial charge in [-0.3, -0.25) is 0 Å². The summed E-state index contributed by atoms with van der Waals surface area (Å²) in [5.74, 6) is 0.446. The highest BCUT2D eigenvalue weighted by molar-refractivity contribution is 5.16. The van der Waals surface area contributed by atoms with Gasteiger partial charge in [0, 0.05) is 6.61 Å². The Kier molecular flexibility index (Phi) is 7.17. The summed E-state index contributed by atoms with van der Waals surface area (Å²) < 4.78 is 19.0. The lowest BCUT2D eigenvalue weighted by atomic mass is 9.93. The summed E-state index contributed by atoms with van der Waals surface area (Å²) in [6, 6.07) is 7.02. The third-order valence-corrected chi connectivity index (χ3v) is 4.26. The maximum atomic E-state index is 13.3. The predicted molar refractivity (Wildman–Crippen MR) is 85.0 cm³/mol. The van der Waals surface area contributed by atoms with Gasteiger partial charge in [0.1, 0.15) is 5.82 Å². The van der Waals surface area contributed by atoms with Crippen LogP contribution in [0.1, 0.15) is 44.6 Å². The Morgan fingerprint density at radius 2 is 2.33 bits per heavy atom. The molecule has 2 nitrogen and oxygen atoms in total. The lowest BCUT2D eigenvalue weighted by molar-refractivity contribution is 0.101. The summed E-state index contributed by atoms with van der Waals surface area (Å²) in [6.07, 6.45) is 7.44. The molecule has 2 atom stereocenters. The molecule has 1 aromatic rings. The maximum absolute atomic E-state index is 13.3. The molecule has 1 fully saturated rings. The number of rotatable bonds is 9. The molecule has 0 saturated carbocycles. The van der Waals surface area contributed by atoms with Crippen LogP contribution in [0.5, 0.6) is 0 Å². The van der Waals surface area contributed by atoms with E-state index in [1.807, 2.05) is 6.07 Å². The molecule has 118 valence electrons. The first-order valence-electron chi connectivity index (χ1n) is 8.34. The first-order chi connectivity index (χ1) is 10.3. The van der Waals surface area contributed by atoms with Crippen molar-refractivity contribution in [2.24, 2.45) is 5.92 Å². The highest BCUT2D eigenvalue weighted by Gasteiger charge is 2.16. The SMILES string of the molecule is CCNCC(CCCC1CCCO1)Cc1cccc(F)c1. The zero-order valence-corrected chi connectivity index (χ0v) is 13.1. The van der Waals surface area contributed by atoms with Crippen molar-refractivity contribution in [3.63, 3.8) is 0 Å².